The van der Waals surface area contributed by atoms with Gasteiger partial charge in [0.25, 0.3) is 10.0 Å². The van der Waals surface area contributed by atoms with E-state index in [4.69, 9.17) is 18.7 Å². The number of aromatic nitrogens is 3. The summed E-state index contributed by atoms with van der Waals surface area (Å²) < 4.78 is 52.6. The summed E-state index contributed by atoms with van der Waals surface area (Å²) in [5.41, 5.74) is 3.36. The molecule has 0 spiro atoms. The Labute approximate surface area is 213 Å². The maximum absolute atomic E-state index is 13.3. The summed E-state index contributed by atoms with van der Waals surface area (Å²) in [5, 5.41) is 9.04. The van der Waals surface area contributed by atoms with Crippen molar-refractivity contribution in [3.8, 4) is 29.2 Å². The van der Waals surface area contributed by atoms with Crippen LogP contribution in [0.4, 0.5) is 5.82 Å². The third kappa shape index (κ3) is 4.49. The van der Waals surface area contributed by atoms with Gasteiger partial charge in [-0.05, 0) is 36.8 Å². The molecule has 0 amide bonds. The number of anilines is 1. The summed E-state index contributed by atoms with van der Waals surface area (Å²) in [5.74, 6) is 3.56. The van der Waals surface area contributed by atoms with Crippen LogP contribution in [-0.4, -0.2) is 49.6 Å². The van der Waals surface area contributed by atoms with Crippen LogP contribution in [0.1, 0.15) is 23.7 Å². The molecule has 192 valence electrons. The van der Waals surface area contributed by atoms with Crippen LogP contribution >= 0.6 is 0 Å². The number of methoxy groups -OCH3 is 3. The van der Waals surface area contributed by atoms with Crippen molar-refractivity contribution in [1.82, 2.24) is 19.8 Å². The minimum absolute atomic E-state index is 0.0125. The quantitative estimate of drug-likeness (QED) is 0.347. The first kappa shape index (κ1) is 24.3. The molecule has 3 heterocycles. The van der Waals surface area contributed by atoms with E-state index in [1.54, 1.807) is 12.1 Å². The highest BCUT2D eigenvalue weighted by molar-refractivity contribution is 7.93. The Morgan fingerprint density at radius 2 is 1.81 bits per heavy atom. The second-order valence-corrected chi connectivity index (χ2v) is 9.94. The predicted molar refractivity (Wildman–Crippen MR) is 135 cm³/mol. The Kier molecular flexibility index (Phi) is 6.31. The van der Waals surface area contributed by atoms with Gasteiger partial charge >= 0.3 is 0 Å². The normalized spacial score (nSPS) is 12.7. The van der Waals surface area contributed by atoms with Crippen LogP contribution in [-0.2, 0) is 29.7 Å². The molecule has 11 nitrogen and oxygen atoms in total. The summed E-state index contributed by atoms with van der Waals surface area (Å²) in [6, 6.07) is 11.4. The van der Waals surface area contributed by atoms with Gasteiger partial charge in [0.05, 0.1) is 46.7 Å². The first-order chi connectivity index (χ1) is 17.9. The number of benzene rings is 2. The second kappa shape index (κ2) is 9.59. The lowest BCUT2D eigenvalue weighted by Gasteiger charge is -2.14. The molecule has 2 aromatic carbocycles. The third-order valence-corrected chi connectivity index (χ3v) is 7.34. The lowest BCUT2D eigenvalue weighted by atomic mass is 10.1. The molecule has 2 aromatic heterocycles. The summed E-state index contributed by atoms with van der Waals surface area (Å²) in [6.07, 6.45) is 2.00. The number of nitrogens with zero attached hydrogens (tertiary/aromatic N) is 4. The Hall–Kier alpha value is -4.37. The Bertz CT molecular complexity index is 1600. The van der Waals surface area contributed by atoms with Crippen molar-refractivity contribution < 1.29 is 27.2 Å². The molecule has 0 radical (unpaired) electrons. The van der Waals surface area contributed by atoms with E-state index in [1.807, 2.05) is 28.8 Å². The van der Waals surface area contributed by atoms with E-state index in [0.717, 1.165) is 23.4 Å². The summed E-state index contributed by atoms with van der Waals surface area (Å²) in [6.45, 7) is 3.71. The van der Waals surface area contributed by atoms with E-state index in [0.29, 0.717) is 29.8 Å². The third-order valence-electron chi connectivity index (χ3n) is 5.94. The van der Waals surface area contributed by atoms with E-state index in [9.17, 15) is 8.42 Å². The number of hydrogen-bond donors (Lipinski definition) is 1. The molecule has 0 saturated heterocycles. The van der Waals surface area contributed by atoms with Gasteiger partial charge in [0.1, 0.15) is 22.6 Å². The van der Waals surface area contributed by atoms with Gasteiger partial charge in [0.2, 0.25) is 0 Å². The van der Waals surface area contributed by atoms with Gasteiger partial charge in [0, 0.05) is 17.8 Å². The second-order valence-electron chi connectivity index (χ2n) is 8.32. The van der Waals surface area contributed by atoms with E-state index >= 15 is 0 Å². The zero-order chi connectivity index (χ0) is 26.2. The molecule has 1 aliphatic rings. The monoisotopic (exact) mass is 523 g/mol. The van der Waals surface area contributed by atoms with Crippen LogP contribution in [0.25, 0.3) is 11.0 Å². The number of nitrogens with one attached hydrogen (secondary N) is 1. The smallest absolute Gasteiger partial charge is 0.270 e. The minimum atomic E-state index is -4.16. The molecule has 1 N–H and O–H groups in total. The molecule has 0 atom stereocenters. The van der Waals surface area contributed by atoms with Gasteiger partial charge in [-0.3, -0.25) is 9.40 Å². The number of sulfonamides is 1. The Balaban J connectivity index is 1.45. The largest absolute Gasteiger partial charge is 0.496 e. The lowest BCUT2D eigenvalue weighted by Crippen LogP contribution is -2.15. The Morgan fingerprint density at radius 1 is 1.08 bits per heavy atom. The average Bonchev–Trinajstić information content (AvgIpc) is 3.56. The predicted octanol–water partition coefficient (Wildman–Crippen LogP) is 3.20. The molecule has 0 fully saturated rings. The fourth-order valence-corrected chi connectivity index (χ4v) is 5.72. The molecule has 1 aliphatic heterocycles. The van der Waals surface area contributed by atoms with Crippen LogP contribution in [0.15, 0.2) is 45.9 Å². The topological polar surface area (TPSA) is 121 Å². The maximum atomic E-state index is 13.3. The van der Waals surface area contributed by atoms with E-state index < -0.39 is 10.0 Å². The number of ether oxygens (including phenoxy) is 3. The van der Waals surface area contributed by atoms with E-state index in [-0.39, 0.29) is 22.2 Å². The SMILES string of the molecule is CC#CN1Cc2cn(Cc3cc(OC)c4c(NS(=O)(=O)c5c(OC)cccc5OC)noc4c3)nc2C1. The summed E-state index contributed by atoms with van der Waals surface area (Å²) >= 11 is 0. The number of fused-ring (bicyclic) bond motifs is 2. The molecule has 4 aromatic rings. The summed E-state index contributed by atoms with van der Waals surface area (Å²) in [7, 11) is 0.107. The van der Waals surface area contributed by atoms with Gasteiger partial charge in [-0.1, -0.05) is 17.1 Å². The van der Waals surface area contributed by atoms with Crippen LogP contribution < -0.4 is 18.9 Å². The molecule has 5 rings (SSSR count). The molecule has 0 saturated carbocycles. The van der Waals surface area contributed by atoms with Gasteiger partial charge in [-0.2, -0.15) is 5.10 Å². The minimum Gasteiger partial charge on any atom is -0.496 e. The van der Waals surface area contributed by atoms with Crippen molar-refractivity contribution in [2.45, 2.75) is 31.5 Å². The van der Waals surface area contributed by atoms with Gasteiger partial charge in [0.15, 0.2) is 16.3 Å². The fraction of sp³-hybridized carbons (Fsp3) is 0.280. The standard InChI is InChI=1S/C25H25N5O6S/c1-5-9-29-13-17-14-30(26-18(17)15-29)12-16-10-21(35-4)23-22(11-16)36-27-25(23)28-37(31,32)24-19(33-2)7-6-8-20(24)34-3/h6-8,10-11,14H,12-13,15H2,1-4H3,(H,27,28). The molecule has 37 heavy (non-hydrogen) atoms. The van der Waals surface area contributed by atoms with Crippen molar-refractivity contribution in [1.29, 1.82) is 0 Å². The fourth-order valence-electron chi connectivity index (χ4n) is 4.39. The molecule has 0 bridgehead atoms. The van der Waals surface area contributed by atoms with Crippen molar-refractivity contribution in [3.63, 3.8) is 0 Å². The average molecular weight is 524 g/mol. The van der Waals surface area contributed by atoms with Crippen molar-refractivity contribution in [3.05, 3.63) is 53.3 Å². The first-order valence-electron chi connectivity index (χ1n) is 11.3. The van der Waals surface area contributed by atoms with Crippen LogP contribution in [0.3, 0.4) is 0 Å². The van der Waals surface area contributed by atoms with E-state index in [2.05, 4.69) is 26.9 Å². The van der Waals surface area contributed by atoms with Gasteiger partial charge in [-0.15, -0.1) is 0 Å². The van der Waals surface area contributed by atoms with Crippen molar-refractivity contribution in [2.75, 3.05) is 26.1 Å². The zero-order valence-electron chi connectivity index (χ0n) is 20.7. The molecule has 0 aliphatic carbocycles. The van der Waals surface area contributed by atoms with Crippen molar-refractivity contribution in [2.24, 2.45) is 0 Å². The van der Waals surface area contributed by atoms with Crippen LogP contribution in [0.2, 0.25) is 0 Å². The molecular formula is C25H25N5O6S. The number of hydrogen-bond acceptors (Lipinski definition) is 9. The van der Waals surface area contributed by atoms with Crippen molar-refractivity contribution >= 4 is 26.8 Å². The van der Waals surface area contributed by atoms with Gasteiger partial charge < -0.3 is 23.6 Å². The van der Waals surface area contributed by atoms with Crippen LogP contribution in [0.5, 0.6) is 17.2 Å². The molecule has 0 unspecified atom stereocenters. The lowest BCUT2D eigenvalue weighted by molar-refractivity contribution is 0.373. The highest BCUT2D eigenvalue weighted by Crippen LogP contribution is 2.38. The number of rotatable bonds is 8. The highest BCUT2D eigenvalue weighted by Gasteiger charge is 2.28. The van der Waals surface area contributed by atoms with E-state index in [1.165, 1.54) is 33.5 Å². The molecule has 12 heteroatoms. The maximum Gasteiger partial charge on any atom is 0.270 e. The summed E-state index contributed by atoms with van der Waals surface area (Å²) in [4.78, 5) is 1.87. The molecular weight excluding hydrogens is 498 g/mol. The van der Waals surface area contributed by atoms with Crippen LogP contribution in [0, 0.1) is 12.0 Å². The zero-order valence-corrected chi connectivity index (χ0v) is 21.5. The van der Waals surface area contributed by atoms with Gasteiger partial charge in [-0.25, -0.2) is 8.42 Å². The Morgan fingerprint density at radius 3 is 2.46 bits per heavy atom. The first-order valence-corrected chi connectivity index (χ1v) is 12.8. The highest BCUT2D eigenvalue weighted by atomic mass is 32.2.